The van der Waals surface area contributed by atoms with Crippen molar-refractivity contribution in [3.63, 3.8) is 0 Å². The van der Waals surface area contributed by atoms with Crippen molar-refractivity contribution in [2.75, 3.05) is 0 Å². The molecule has 3 rings (SSSR count). The van der Waals surface area contributed by atoms with Gasteiger partial charge in [-0.2, -0.15) is 0 Å². The first-order chi connectivity index (χ1) is 9.22. The van der Waals surface area contributed by atoms with Crippen LogP contribution in [0, 0.1) is 0 Å². The average Bonchev–Trinajstić information content (AvgIpc) is 2.80. The highest BCUT2D eigenvalue weighted by Crippen LogP contribution is 2.24. The lowest BCUT2D eigenvalue weighted by molar-refractivity contribution is 0.422. The van der Waals surface area contributed by atoms with Crippen molar-refractivity contribution in [3.8, 4) is 0 Å². The molecule has 2 aromatic rings. The standard InChI is InChI=1S/C16H21NOS/c1-11(2)12-8-9-15-14(10-12)18-16(19-15)17-13-6-4-3-5-7-13/h8-11,13H,3-7H2,1-2H3. The molecule has 1 aliphatic carbocycles. The summed E-state index contributed by atoms with van der Waals surface area (Å²) in [6, 6.07) is 7.01. The molecule has 1 aromatic heterocycles. The Labute approximate surface area is 118 Å². The topological polar surface area (TPSA) is 25.5 Å². The minimum atomic E-state index is 0.482. The van der Waals surface area contributed by atoms with E-state index in [1.54, 1.807) is 11.3 Å². The molecule has 0 N–H and O–H groups in total. The fourth-order valence-electron chi connectivity index (χ4n) is 2.67. The maximum atomic E-state index is 5.91. The van der Waals surface area contributed by atoms with E-state index < -0.39 is 0 Å². The van der Waals surface area contributed by atoms with Crippen LogP contribution >= 0.6 is 11.3 Å². The second-order valence-electron chi connectivity index (χ2n) is 5.75. The van der Waals surface area contributed by atoms with E-state index in [9.17, 15) is 0 Å². The van der Waals surface area contributed by atoms with E-state index in [0.717, 1.165) is 10.5 Å². The van der Waals surface area contributed by atoms with E-state index in [-0.39, 0.29) is 0 Å². The van der Waals surface area contributed by atoms with Crippen LogP contribution in [0.1, 0.15) is 57.4 Å². The van der Waals surface area contributed by atoms with E-state index in [0.29, 0.717) is 12.0 Å². The largest absolute Gasteiger partial charge is 0.430 e. The number of hydrogen-bond donors (Lipinski definition) is 0. The van der Waals surface area contributed by atoms with E-state index in [1.165, 1.54) is 42.4 Å². The van der Waals surface area contributed by atoms with E-state index in [2.05, 4.69) is 32.0 Å². The maximum Gasteiger partial charge on any atom is 0.274 e. The van der Waals surface area contributed by atoms with Gasteiger partial charge in [0, 0.05) is 0 Å². The van der Waals surface area contributed by atoms with Crippen LogP contribution in [-0.2, 0) is 0 Å². The third-order valence-corrected chi connectivity index (χ3v) is 4.81. The maximum absolute atomic E-state index is 5.91. The Morgan fingerprint density at radius 1 is 1.21 bits per heavy atom. The quantitative estimate of drug-likeness (QED) is 0.769. The molecule has 0 radical (unpaired) electrons. The summed E-state index contributed by atoms with van der Waals surface area (Å²) < 4.78 is 7.12. The van der Waals surface area contributed by atoms with E-state index >= 15 is 0 Å². The van der Waals surface area contributed by atoms with Crippen LogP contribution in [0.15, 0.2) is 27.6 Å². The Morgan fingerprint density at radius 3 is 2.74 bits per heavy atom. The molecule has 1 aromatic carbocycles. The Bertz CT molecular complexity index is 617. The molecule has 1 saturated carbocycles. The molecule has 102 valence electrons. The van der Waals surface area contributed by atoms with Gasteiger partial charge in [0.15, 0.2) is 0 Å². The summed E-state index contributed by atoms with van der Waals surface area (Å²) >= 11 is 1.68. The van der Waals surface area contributed by atoms with Crippen LogP contribution in [0.25, 0.3) is 10.3 Å². The lowest BCUT2D eigenvalue weighted by atomic mass is 9.96. The van der Waals surface area contributed by atoms with Crippen molar-refractivity contribution < 1.29 is 4.42 Å². The lowest BCUT2D eigenvalue weighted by Gasteiger charge is -2.15. The molecular formula is C16H21NOS. The first-order valence-electron chi connectivity index (χ1n) is 7.30. The van der Waals surface area contributed by atoms with Crippen molar-refractivity contribution in [3.05, 3.63) is 28.6 Å². The Kier molecular flexibility index (Phi) is 3.74. The van der Waals surface area contributed by atoms with Gasteiger partial charge < -0.3 is 4.42 Å². The molecule has 0 spiro atoms. The predicted molar refractivity (Wildman–Crippen MR) is 80.6 cm³/mol. The minimum Gasteiger partial charge on any atom is -0.430 e. The second-order valence-corrected chi connectivity index (χ2v) is 6.75. The highest BCUT2D eigenvalue weighted by atomic mass is 32.1. The monoisotopic (exact) mass is 275 g/mol. The summed E-state index contributed by atoms with van der Waals surface area (Å²) in [6.45, 7) is 4.42. The highest BCUT2D eigenvalue weighted by molar-refractivity contribution is 7.16. The Morgan fingerprint density at radius 2 is 2.00 bits per heavy atom. The zero-order valence-corrected chi connectivity index (χ0v) is 12.5. The number of rotatable bonds is 2. The fourth-order valence-corrected chi connectivity index (χ4v) is 3.53. The molecule has 0 amide bonds. The number of benzene rings is 1. The van der Waals surface area contributed by atoms with E-state index in [1.807, 2.05) is 0 Å². The van der Waals surface area contributed by atoms with Crippen LogP contribution in [0.4, 0.5) is 0 Å². The number of nitrogens with zero attached hydrogens (tertiary/aromatic N) is 1. The Balaban J connectivity index is 1.94. The van der Waals surface area contributed by atoms with Crippen LogP contribution in [-0.4, -0.2) is 6.04 Å². The predicted octanol–water partition coefficient (Wildman–Crippen LogP) is 4.85. The number of fused-ring (bicyclic) bond motifs is 1. The summed E-state index contributed by atoms with van der Waals surface area (Å²) in [4.78, 5) is 5.63. The van der Waals surface area contributed by atoms with Gasteiger partial charge in [-0.1, -0.05) is 50.5 Å². The molecule has 2 nitrogen and oxygen atoms in total. The second kappa shape index (κ2) is 5.49. The van der Waals surface area contributed by atoms with Crippen LogP contribution in [0.5, 0.6) is 0 Å². The fraction of sp³-hybridized carbons (Fsp3) is 0.562. The van der Waals surface area contributed by atoms with E-state index in [4.69, 9.17) is 9.41 Å². The molecule has 0 bridgehead atoms. The molecular weight excluding hydrogens is 254 g/mol. The molecule has 1 aliphatic rings. The van der Waals surface area contributed by atoms with Gasteiger partial charge in [-0.05, 0) is 36.5 Å². The zero-order chi connectivity index (χ0) is 13.2. The van der Waals surface area contributed by atoms with Gasteiger partial charge in [-0.3, -0.25) is 0 Å². The van der Waals surface area contributed by atoms with Crippen LogP contribution in [0.2, 0.25) is 0 Å². The molecule has 19 heavy (non-hydrogen) atoms. The van der Waals surface area contributed by atoms with Crippen molar-refractivity contribution >= 4 is 21.6 Å². The van der Waals surface area contributed by atoms with Gasteiger partial charge in [0.05, 0.1) is 10.7 Å². The summed E-state index contributed by atoms with van der Waals surface area (Å²) in [5.41, 5.74) is 2.32. The van der Waals surface area contributed by atoms with Gasteiger partial charge >= 0.3 is 0 Å². The summed E-state index contributed by atoms with van der Waals surface area (Å²) in [6.07, 6.45) is 6.45. The minimum absolute atomic E-state index is 0.482. The first kappa shape index (κ1) is 12.9. The highest BCUT2D eigenvalue weighted by Gasteiger charge is 2.12. The van der Waals surface area contributed by atoms with Crippen molar-refractivity contribution in [1.82, 2.24) is 0 Å². The van der Waals surface area contributed by atoms with Gasteiger partial charge in [0.2, 0.25) is 0 Å². The molecule has 0 aliphatic heterocycles. The van der Waals surface area contributed by atoms with Gasteiger partial charge in [0.25, 0.3) is 4.87 Å². The van der Waals surface area contributed by atoms with Crippen LogP contribution in [0.3, 0.4) is 0 Å². The van der Waals surface area contributed by atoms with Gasteiger partial charge in [-0.15, -0.1) is 0 Å². The third kappa shape index (κ3) is 2.92. The lowest BCUT2D eigenvalue weighted by Crippen LogP contribution is -2.12. The first-order valence-corrected chi connectivity index (χ1v) is 8.11. The molecule has 0 atom stereocenters. The molecule has 1 heterocycles. The van der Waals surface area contributed by atoms with Gasteiger partial charge in [0.1, 0.15) is 5.58 Å². The van der Waals surface area contributed by atoms with Crippen molar-refractivity contribution in [1.29, 1.82) is 0 Å². The normalized spacial score (nSPS) is 18.6. The average molecular weight is 275 g/mol. The zero-order valence-electron chi connectivity index (χ0n) is 11.7. The summed E-state index contributed by atoms with van der Waals surface area (Å²) in [5, 5.41) is 0. The van der Waals surface area contributed by atoms with Crippen molar-refractivity contribution in [2.24, 2.45) is 4.99 Å². The smallest absolute Gasteiger partial charge is 0.274 e. The molecule has 0 saturated heterocycles. The number of hydrogen-bond acceptors (Lipinski definition) is 3. The summed E-state index contributed by atoms with van der Waals surface area (Å²) in [7, 11) is 0. The SMILES string of the molecule is CC(C)c1ccc2sc(=NC3CCCCC3)oc2c1. The molecule has 1 fully saturated rings. The van der Waals surface area contributed by atoms with Crippen molar-refractivity contribution in [2.45, 2.75) is 57.9 Å². The third-order valence-electron chi connectivity index (χ3n) is 3.89. The molecule has 0 unspecified atom stereocenters. The Hall–Kier alpha value is -1.09. The summed E-state index contributed by atoms with van der Waals surface area (Å²) in [5.74, 6) is 0.540. The van der Waals surface area contributed by atoms with Crippen LogP contribution < -0.4 is 4.87 Å². The molecule has 3 heteroatoms. The van der Waals surface area contributed by atoms with Gasteiger partial charge in [-0.25, -0.2) is 4.99 Å².